The predicted molar refractivity (Wildman–Crippen MR) is 65.1 cm³/mol. The summed E-state index contributed by atoms with van der Waals surface area (Å²) in [4.78, 5) is 6.52. The Kier molecular flexibility index (Phi) is 4.56. The van der Waals surface area contributed by atoms with Crippen LogP contribution >= 0.6 is 0 Å². The second kappa shape index (κ2) is 5.71. The molecule has 0 saturated heterocycles. The molecule has 1 rings (SSSR count). The molecule has 0 aliphatic carbocycles. The maximum atomic E-state index is 5.62. The highest BCUT2D eigenvalue weighted by Crippen LogP contribution is 2.15. The number of rotatable bonds is 5. The molecule has 0 aromatic carbocycles. The minimum Gasteiger partial charge on any atom is -0.370 e. The van der Waals surface area contributed by atoms with Crippen molar-refractivity contribution in [1.82, 2.24) is 4.98 Å². The van der Waals surface area contributed by atoms with Crippen molar-refractivity contribution >= 4 is 5.69 Å². The molecule has 1 aromatic heterocycles. The number of pyridine rings is 1. The molecule has 0 amide bonds. The average Bonchev–Trinajstić information content (AvgIpc) is 2.16. The molecule has 2 N–H and O–H groups in total. The van der Waals surface area contributed by atoms with Gasteiger partial charge in [-0.1, -0.05) is 13.8 Å². The molecule has 0 atom stereocenters. The van der Waals surface area contributed by atoms with Gasteiger partial charge in [0.25, 0.3) is 0 Å². The van der Waals surface area contributed by atoms with Crippen LogP contribution in [0.3, 0.4) is 0 Å². The lowest BCUT2D eigenvalue weighted by atomic mass is 10.2. The van der Waals surface area contributed by atoms with E-state index in [2.05, 4.69) is 29.8 Å². The number of aryl methyl sites for hydroxylation is 1. The lowest BCUT2D eigenvalue weighted by Crippen LogP contribution is -2.32. The van der Waals surface area contributed by atoms with E-state index in [0.29, 0.717) is 12.5 Å². The Balaban J connectivity index is 2.78. The van der Waals surface area contributed by atoms with E-state index in [-0.39, 0.29) is 0 Å². The van der Waals surface area contributed by atoms with Crippen molar-refractivity contribution in [2.75, 3.05) is 24.5 Å². The zero-order chi connectivity index (χ0) is 11.3. The number of aromatic nitrogens is 1. The average molecular weight is 207 g/mol. The van der Waals surface area contributed by atoms with Gasteiger partial charge in [-0.05, 0) is 25.0 Å². The Morgan fingerprint density at radius 3 is 2.73 bits per heavy atom. The van der Waals surface area contributed by atoms with Gasteiger partial charge >= 0.3 is 0 Å². The molecule has 3 nitrogen and oxygen atoms in total. The predicted octanol–water partition coefficient (Wildman–Crippen LogP) is 1.81. The van der Waals surface area contributed by atoms with E-state index >= 15 is 0 Å². The van der Waals surface area contributed by atoms with Gasteiger partial charge in [0.1, 0.15) is 0 Å². The molecule has 0 aliphatic rings. The molecule has 0 unspecified atom stereocenters. The zero-order valence-corrected chi connectivity index (χ0v) is 9.90. The number of nitrogens with two attached hydrogens (primary N) is 1. The SMILES string of the molecule is Cc1cc(N(CCN)CC(C)C)ccn1. The molecule has 1 aromatic rings. The molecule has 0 fully saturated rings. The molecule has 0 bridgehead atoms. The van der Waals surface area contributed by atoms with Gasteiger partial charge in [-0.25, -0.2) is 0 Å². The quantitative estimate of drug-likeness (QED) is 0.800. The topological polar surface area (TPSA) is 42.1 Å². The van der Waals surface area contributed by atoms with Crippen LogP contribution in [-0.2, 0) is 0 Å². The van der Waals surface area contributed by atoms with E-state index in [1.807, 2.05) is 19.2 Å². The maximum Gasteiger partial charge on any atom is 0.0400 e. The third kappa shape index (κ3) is 3.88. The van der Waals surface area contributed by atoms with Gasteiger partial charge in [-0.15, -0.1) is 0 Å². The van der Waals surface area contributed by atoms with Gasteiger partial charge in [-0.2, -0.15) is 0 Å². The van der Waals surface area contributed by atoms with Crippen LogP contribution in [0.1, 0.15) is 19.5 Å². The summed E-state index contributed by atoms with van der Waals surface area (Å²) < 4.78 is 0. The standard InChI is InChI=1S/C12H21N3/c1-10(2)9-15(7-5-13)12-4-6-14-11(3)8-12/h4,6,8,10H,5,7,9,13H2,1-3H3. The largest absolute Gasteiger partial charge is 0.370 e. The third-order valence-electron chi connectivity index (χ3n) is 2.23. The number of hydrogen-bond donors (Lipinski definition) is 1. The minimum atomic E-state index is 0.644. The molecule has 1 heterocycles. The fourth-order valence-corrected chi connectivity index (χ4v) is 1.65. The molecule has 0 spiro atoms. The van der Waals surface area contributed by atoms with E-state index < -0.39 is 0 Å². The second-order valence-corrected chi connectivity index (χ2v) is 4.28. The third-order valence-corrected chi connectivity index (χ3v) is 2.23. The van der Waals surface area contributed by atoms with Crippen molar-refractivity contribution in [2.24, 2.45) is 11.7 Å². The Hall–Kier alpha value is -1.09. The van der Waals surface area contributed by atoms with Crippen LogP contribution < -0.4 is 10.6 Å². The monoisotopic (exact) mass is 207 g/mol. The zero-order valence-electron chi connectivity index (χ0n) is 9.90. The Morgan fingerprint density at radius 1 is 1.47 bits per heavy atom. The first-order valence-electron chi connectivity index (χ1n) is 5.51. The summed E-state index contributed by atoms with van der Waals surface area (Å²) in [5.74, 6) is 0.644. The molecule has 84 valence electrons. The molecule has 0 aliphatic heterocycles. The van der Waals surface area contributed by atoms with Crippen molar-refractivity contribution < 1.29 is 0 Å². The van der Waals surface area contributed by atoms with Crippen molar-refractivity contribution in [3.05, 3.63) is 24.0 Å². The number of hydrogen-bond acceptors (Lipinski definition) is 3. The Labute approximate surface area is 92.3 Å². The maximum absolute atomic E-state index is 5.62. The van der Waals surface area contributed by atoms with Gasteiger partial charge in [-0.3, -0.25) is 4.98 Å². The minimum absolute atomic E-state index is 0.644. The van der Waals surface area contributed by atoms with Crippen LogP contribution in [0.15, 0.2) is 18.3 Å². The summed E-state index contributed by atoms with van der Waals surface area (Å²) in [6.45, 7) is 9.09. The van der Waals surface area contributed by atoms with Gasteiger partial charge in [0.15, 0.2) is 0 Å². The van der Waals surface area contributed by atoms with Crippen molar-refractivity contribution in [2.45, 2.75) is 20.8 Å². The van der Waals surface area contributed by atoms with Crippen molar-refractivity contribution in [3.63, 3.8) is 0 Å². The summed E-state index contributed by atoms with van der Waals surface area (Å²) in [5.41, 5.74) is 7.90. The van der Waals surface area contributed by atoms with E-state index in [9.17, 15) is 0 Å². The molecule has 15 heavy (non-hydrogen) atoms. The van der Waals surface area contributed by atoms with E-state index in [1.165, 1.54) is 5.69 Å². The number of anilines is 1. The Bertz CT molecular complexity index is 297. The normalized spacial score (nSPS) is 10.7. The van der Waals surface area contributed by atoms with E-state index in [1.54, 1.807) is 0 Å². The second-order valence-electron chi connectivity index (χ2n) is 4.28. The first-order valence-corrected chi connectivity index (χ1v) is 5.51. The van der Waals surface area contributed by atoms with Crippen LogP contribution in [0.25, 0.3) is 0 Å². The first-order chi connectivity index (χ1) is 7.13. The lowest BCUT2D eigenvalue weighted by Gasteiger charge is -2.26. The van der Waals surface area contributed by atoms with E-state index in [0.717, 1.165) is 18.8 Å². The van der Waals surface area contributed by atoms with Crippen molar-refractivity contribution in [1.29, 1.82) is 0 Å². The first kappa shape index (κ1) is 12.0. The van der Waals surface area contributed by atoms with Crippen molar-refractivity contribution in [3.8, 4) is 0 Å². The number of nitrogens with zero attached hydrogens (tertiary/aromatic N) is 2. The summed E-state index contributed by atoms with van der Waals surface area (Å²) in [7, 11) is 0. The molecular formula is C12H21N3. The van der Waals surface area contributed by atoms with Gasteiger partial charge in [0.05, 0.1) is 0 Å². The molecular weight excluding hydrogens is 186 g/mol. The highest BCUT2D eigenvalue weighted by atomic mass is 15.1. The Morgan fingerprint density at radius 2 is 2.20 bits per heavy atom. The van der Waals surface area contributed by atoms with Gasteiger partial charge < -0.3 is 10.6 Å². The van der Waals surface area contributed by atoms with Crippen LogP contribution in [0.4, 0.5) is 5.69 Å². The lowest BCUT2D eigenvalue weighted by molar-refractivity contribution is 0.611. The van der Waals surface area contributed by atoms with Gasteiger partial charge in [0, 0.05) is 37.2 Å². The van der Waals surface area contributed by atoms with Crippen LogP contribution in [-0.4, -0.2) is 24.6 Å². The summed E-state index contributed by atoms with van der Waals surface area (Å²) in [6.07, 6.45) is 1.86. The smallest absolute Gasteiger partial charge is 0.0400 e. The molecule has 0 saturated carbocycles. The molecule has 3 heteroatoms. The highest BCUT2D eigenvalue weighted by Gasteiger charge is 2.07. The van der Waals surface area contributed by atoms with Crippen LogP contribution in [0.2, 0.25) is 0 Å². The van der Waals surface area contributed by atoms with Crippen LogP contribution in [0.5, 0.6) is 0 Å². The highest BCUT2D eigenvalue weighted by molar-refractivity contribution is 5.46. The van der Waals surface area contributed by atoms with Gasteiger partial charge in [0.2, 0.25) is 0 Å². The summed E-state index contributed by atoms with van der Waals surface area (Å²) >= 11 is 0. The summed E-state index contributed by atoms with van der Waals surface area (Å²) in [6, 6.07) is 4.16. The van der Waals surface area contributed by atoms with Crippen LogP contribution in [0, 0.1) is 12.8 Å². The van der Waals surface area contributed by atoms with E-state index in [4.69, 9.17) is 5.73 Å². The fraction of sp³-hybridized carbons (Fsp3) is 0.583. The molecule has 0 radical (unpaired) electrons. The summed E-state index contributed by atoms with van der Waals surface area (Å²) in [5, 5.41) is 0. The fourth-order valence-electron chi connectivity index (χ4n) is 1.65.